The van der Waals surface area contributed by atoms with Crippen LogP contribution in [0.3, 0.4) is 0 Å². The molecular formula is C18H25BBrFO4. The number of aryl methyl sites for hydroxylation is 1. The smallest absolute Gasteiger partial charge is 0.466 e. The molecule has 0 bridgehead atoms. The highest BCUT2D eigenvalue weighted by molar-refractivity contribution is 9.10. The molecule has 138 valence electrons. The Hall–Kier alpha value is -0.915. The van der Waals surface area contributed by atoms with E-state index in [1.165, 1.54) is 6.07 Å². The average Bonchev–Trinajstić information content (AvgIpc) is 2.71. The number of rotatable bonds is 5. The van der Waals surface area contributed by atoms with E-state index in [2.05, 4.69) is 15.9 Å². The Morgan fingerprint density at radius 3 is 2.36 bits per heavy atom. The van der Waals surface area contributed by atoms with Crippen LogP contribution in [0.25, 0.3) is 0 Å². The van der Waals surface area contributed by atoms with Crippen LogP contribution in [0.4, 0.5) is 4.39 Å². The highest BCUT2D eigenvalue weighted by Gasteiger charge is 2.55. The van der Waals surface area contributed by atoms with Crippen LogP contribution in [0, 0.1) is 12.7 Å². The summed E-state index contributed by atoms with van der Waals surface area (Å²) < 4.78 is 32.5. The molecule has 4 nitrogen and oxygen atoms in total. The van der Waals surface area contributed by atoms with Gasteiger partial charge in [-0.2, -0.15) is 0 Å². The van der Waals surface area contributed by atoms with Crippen molar-refractivity contribution in [1.29, 1.82) is 0 Å². The third kappa shape index (κ3) is 4.09. The fraction of sp³-hybridized carbons (Fsp3) is 0.611. The first-order chi connectivity index (χ1) is 11.5. The normalized spacial score (nSPS) is 19.8. The van der Waals surface area contributed by atoms with Gasteiger partial charge in [0.15, 0.2) is 0 Å². The van der Waals surface area contributed by atoms with Crippen molar-refractivity contribution in [1.82, 2.24) is 0 Å². The van der Waals surface area contributed by atoms with Crippen molar-refractivity contribution >= 4 is 29.0 Å². The van der Waals surface area contributed by atoms with Crippen LogP contribution < -0.4 is 0 Å². The number of ether oxygens (including phenoxy) is 1. The van der Waals surface area contributed by atoms with Crippen LogP contribution in [-0.2, 0) is 18.8 Å². The highest BCUT2D eigenvalue weighted by Crippen LogP contribution is 2.44. The van der Waals surface area contributed by atoms with Crippen molar-refractivity contribution in [2.24, 2.45) is 0 Å². The van der Waals surface area contributed by atoms with E-state index in [0.717, 1.165) is 5.56 Å². The molecule has 0 saturated carbocycles. The lowest BCUT2D eigenvalue weighted by atomic mass is 9.66. The van der Waals surface area contributed by atoms with E-state index in [-0.39, 0.29) is 13.0 Å². The predicted octanol–water partition coefficient (Wildman–Crippen LogP) is 4.56. The van der Waals surface area contributed by atoms with Gasteiger partial charge in [-0.05, 0) is 53.2 Å². The molecular weight excluding hydrogens is 390 g/mol. The minimum atomic E-state index is -0.748. The molecule has 1 heterocycles. The van der Waals surface area contributed by atoms with Crippen molar-refractivity contribution in [2.75, 3.05) is 6.61 Å². The van der Waals surface area contributed by atoms with E-state index in [1.54, 1.807) is 13.0 Å². The second-order valence-electron chi connectivity index (χ2n) is 7.33. The van der Waals surface area contributed by atoms with Crippen LogP contribution in [-0.4, -0.2) is 30.9 Å². The van der Waals surface area contributed by atoms with Crippen LogP contribution >= 0.6 is 15.9 Å². The Morgan fingerprint density at radius 2 is 1.84 bits per heavy atom. The maximum absolute atomic E-state index is 14.7. The number of benzene rings is 1. The Labute approximate surface area is 157 Å². The molecule has 1 aliphatic heterocycles. The van der Waals surface area contributed by atoms with Crippen LogP contribution in [0.5, 0.6) is 0 Å². The largest absolute Gasteiger partial charge is 0.466 e. The molecule has 7 heteroatoms. The third-order valence-electron chi connectivity index (χ3n) is 4.98. The Bertz CT molecular complexity index is 647. The first kappa shape index (κ1) is 20.4. The van der Waals surface area contributed by atoms with E-state index in [0.29, 0.717) is 10.0 Å². The number of esters is 1. The zero-order chi connectivity index (χ0) is 19.0. The highest BCUT2D eigenvalue weighted by atomic mass is 79.9. The van der Waals surface area contributed by atoms with Crippen molar-refractivity contribution in [3.63, 3.8) is 0 Å². The first-order valence-corrected chi connectivity index (χ1v) is 9.25. The lowest BCUT2D eigenvalue weighted by Gasteiger charge is -2.32. The molecule has 1 unspecified atom stereocenters. The molecule has 1 aromatic rings. The van der Waals surface area contributed by atoms with E-state index in [1.807, 2.05) is 34.6 Å². The lowest BCUT2D eigenvalue weighted by molar-refractivity contribution is -0.143. The topological polar surface area (TPSA) is 44.8 Å². The third-order valence-corrected chi connectivity index (χ3v) is 6.03. The molecule has 1 saturated heterocycles. The number of hydrogen-bond donors (Lipinski definition) is 0. The van der Waals surface area contributed by atoms with Crippen LogP contribution in [0.2, 0.25) is 0 Å². The molecule has 0 N–H and O–H groups in total. The molecule has 1 aliphatic rings. The molecule has 1 fully saturated rings. The number of halogens is 2. The van der Waals surface area contributed by atoms with Gasteiger partial charge in [-0.25, -0.2) is 4.39 Å². The second-order valence-corrected chi connectivity index (χ2v) is 8.13. The first-order valence-electron chi connectivity index (χ1n) is 8.46. The summed E-state index contributed by atoms with van der Waals surface area (Å²) in [5.74, 6) is -1.43. The van der Waals surface area contributed by atoms with Gasteiger partial charge in [0, 0.05) is 15.9 Å². The monoisotopic (exact) mass is 414 g/mol. The summed E-state index contributed by atoms with van der Waals surface area (Å²) in [5.41, 5.74) is 0.114. The van der Waals surface area contributed by atoms with Gasteiger partial charge in [0.2, 0.25) is 0 Å². The van der Waals surface area contributed by atoms with Crippen molar-refractivity contribution in [2.45, 2.75) is 65.0 Å². The Morgan fingerprint density at radius 1 is 1.28 bits per heavy atom. The molecule has 0 aromatic heterocycles. The minimum Gasteiger partial charge on any atom is -0.466 e. The quantitative estimate of drug-likeness (QED) is 0.523. The number of carbonyl (C=O) groups excluding carboxylic acids is 1. The number of hydrogen-bond acceptors (Lipinski definition) is 4. The summed E-state index contributed by atoms with van der Waals surface area (Å²) in [6.07, 6.45) is -0.0242. The predicted molar refractivity (Wildman–Crippen MR) is 98.9 cm³/mol. The summed E-state index contributed by atoms with van der Waals surface area (Å²) in [5, 5.41) is 0. The van der Waals surface area contributed by atoms with Crippen molar-refractivity contribution in [3.8, 4) is 0 Å². The molecule has 0 spiro atoms. The van der Waals surface area contributed by atoms with Gasteiger partial charge in [-0.1, -0.05) is 22.0 Å². The average molecular weight is 415 g/mol. The maximum Gasteiger partial charge on any atom is 0.466 e. The van der Waals surface area contributed by atoms with Gasteiger partial charge in [0.25, 0.3) is 0 Å². The van der Waals surface area contributed by atoms with Gasteiger partial charge >= 0.3 is 13.1 Å². The van der Waals surface area contributed by atoms with Crippen LogP contribution in [0.15, 0.2) is 16.6 Å². The SMILES string of the molecule is CCOC(=O)CC(B1OC(C)(C)C(C)(C)O1)c1c(F)ccc(C)c1Br. The lowest BCUT2D eigenvalue weighted by Crippen LogP contribution is -2.41. The number of carbonyl (C=O) groups is 1. The Balaban J connectivity index is 2.46. The zero-order valence-corrected chi connectivity index (χ0v) is 17.2. The van der Waals surface area contributed by atoms with Gasteiger partial charge in [0.1, 0.15) is 5.82 Å². The summed E-state index contributed by atoms with van der Waals surface area (Å²) in [4.78, 5) is 12.1. The minimum absolute atomic E-state index is 0.0242. The van der Waals surface area contributed by atoms with Gasteiger partial charge in [-0.15, -0.1) is 0 Å². The summed E-state index contributed by atoms with van der Waals surface area (Å²) in [6.45, 7) is 11.6. The van der Waals surface area contributed by atoms with Gasteiger partial charge < -0.3 is 14.0 Å². The molecule has 0 aliphatic carbocycles. The van der Waals surface area contributed by atoms with E-state index >= 15 is 0 Å². The molecule has 2 rings (SSSR count). The zero-order valence-electron chi connectivity index (χ0n) is 15.6. The van der Waals surface area contributed by atoms with E-state index < -0.39 is 35.9 Å². The maximum atomic E-state index is 14.7. The molecule has 1 aromatic carbocycles. The van der Waals surface area contributed by atoms with E-state index in [9.17, 15) is 9.18 Å². The molecule has 25 heavy (non-hydrogen) atoms. The molecule has 0 radical (unpaired) electrons. The van der Waals surface area contributed by atoms with Crippen LogP contribution in [0.1, 0.15) is 58.0 Å². The summed E-state index contributed by atoms with van der Waals surface area (Å²) >= 11 is 3.46. The fourth-order valence-corrected chi connectivity index (χ4v) is 3.42. The standard InChI is InChI=1S/C18H25BBrFO4/c1-7-23-14(22)10-12(15-13(21)9-8-11(2)16(15)20)19-24-17(3,4)18(5,6)25-19/h8-9,12H,7,10H2,1-6H3. The van der Waals surface area contributed by atoms with Crippen molar-refractivity contribution in [3.05, 3.63) is 33.5 Å². The van der Waals surface area contributed by atoms with Gasteiger partial charge in [0.05, 0.1) is 24.2 Å². The van der Waals surface area contributed by atoms with E-state index in [4.69, 9.17) is 14.0 Å². The second kappa shape index (κ2) is 7.37. The summed E-state index contributed by atoms with van der Waals surface area (Å²) in [7, 11) is -0.748. The molecule has 1 atom stereocenters. The van der Waals surface area contributed by atoms with Crippen molar-refractivity contribution < 1.29 is 23.2 Å². The summed E-state index contributed by atoms with van der Waals surface area (Å²) in [6, 6.07) is 3.09. The fourth-order valence-electron chi connectivity index (χ4n) is 2.80. The van der Waals surface area contributed by atoms with Gasteiger partial charge in [-0.3, -0.25) is 4.79 Å². The Kier molecular flexibility index (Phi) is 6.01. The molecule has 0 amide bonds.